The number of fused-ring (bicyclic) bond motifs is 4. The Morgan fingerprint density at radius 1 is 1.19 bits per heavy atom. The number of hydrogen-bond acceptors (Lipinski definition) is 3. The summed E-state index contributed by atoms with van der Waals surface area (Å²) in [4.78, 5) is 32.3. The fraction of sp³-hybridized carbons (Fsp3) is 0.300. The Morgan fingerprint density at radius 3 is 2.73 bits per heavy atom. The van der Waals surface area contributed by atoms with Gasteiger partial charge in [0.15, 0.2) is 0 Å². The Kier molecular flexibility index (Phi) is 3.07. The van der Waals surface area contributed by atoms with Crippen LogP contribution in [0.4, 0.5) is 4.79 Å². The number of hydrogen-bond donors (Lipinski definition) is 1. The van der Waals surface area contributed by atoms with E-state index in [1.807, 2.05) is 44.2 Å². The van der Waals surface area contributed by atoms with E-state index < -0.39 is 12.1 Å². The summed E-state index contributed by atoms with van der Waals surface area (Å²) in [7, 11) is 0. The van der Waals surface area contributed by atoms with Crippen molar-refractivity contribution in [2.45, 2.75) is 32.4 Å². The molecule has 6 heteroatoms. The van der Waals surface area contributed by atoms with Gasteiger partial charge < -0.3 is 9.40 Å². The first-order valence-corrected chi connectivity index (χ1v) is 8.89. The molecule has 2 atom stereocenters. The number of carbonyl (C=O) groups excluding carboxylic acids is 2. The summed E-state index contributed by atoms with van der Waals surface area (Å²) in [6.45, 7) is 4.09. The number of furan rings is 1. The maximum atomic E-state index is 13.0. The molecule has 1 fully saturated rings. The fourth-order valence-corrected chi connectivity index (χ4v) is 4.32. The van der Waals surface area contributed by atoms with Crippen molar-refractivity contribution in [3.05, 3.63) is 59.2 Å². The Hall–Kier alpha value is -3.02. The number of carbonyl (C=O) groups is 2. The van der Waals surface area contributed by atoms with Crippen molar-refractivity contribution in [1.29, 1.82) is 0 Å². The zero-order valence-corrected chi connectivity index (χ0v) is 14.7. The molecule has 26 heavy (non-hydrogen) atoms. The second-order valence-corrected chi connectivity index (χ2v) is 6.91. The van der Waals surface area contributed by atoms with E-state index in [9.17, 15) is 9.59 Å². The van der Waals surface area contributed by atoms with Crippen LogP contribution in [0.15, 0.2) is 40.8 Å². The van der Waals surface area contributed by atoms with Gasteiger partial charge in [0, 0.05) is 23.9 Å². The van der Waals surface area contributed by atoms with Crippen LogP contribution in [0.2, 0.25) is 0 Å². The van der Waals surface area contributed by atoms with E-state index in [0.717, 1.165) is 27.9 Å². The molecule has 132 valence electrons. The van der Waals surface area contributed by atoms with E-state index in [-0.39, 0.29) is 11.9 Å². The van der Waals surface area contributed by atoms with Crippen molar-refractivity contribution in [3.8, 4) is 0 Å². The van der Waals surface area contributed by atoms with Crippen molar-refractivity contribution >= 4 is 22.8 Å². The second-order valence-electron chi connectivity index (χ2n) is 6.91. The molecular formula is C20H19N3O3. The Balaban J connectivity index is 1.76. The maximum absolute atomic E-state index is 13.0. The first kappa shape index (κ1) is 15.3. The third kappa shape index (κ3) is 1.87. The molecule has 1 N–H and O–H groups in total. The van der Waals surface area contributed by atoms with Crippen LogP contribution < -0.4 is 0 Å². The Morgan fingerprint density at radius 2 is 2.00 bits per heavy atom. The molecule has 6 nitrogen and oxygen atoms in total. The van der Waals surface area contributed by atoms with Crippen molar-refractivity contribution in [3.63, 3.8) is 0 Å². The van der Waals surface area contributed by atoms with Crippen LogP contribution in [0.25, 0.3) is 10.9 Å². The predicted molar refractivity (Wildman–Crippen MR) is 95.7 cm³/mol. The van der Waals surface area contributed by atoms with Gasteiger partial charge in [-0.2, -0.15) is 0 Å². The fourth-order valence-electron chi connectivity index (χ4n) is 4.32. The molecule has 0 radical (unpaired) electrons. The van der Waals surface area contributed by atoms with E-state index in [4.69, 9.17) is 4.42 Å². The van der Waals surface area contributed by atoms with E-state index in [0.29, 0.717) is 18.7 Å². The van der Waals surface area contributed by atoms with Gasteiger partial charge in [-0.1, -0.05) is 18.2 Å². The minimum absolute atomic E-state index is 0.123. The summed E-state index contributed by atoms with van der Waals surface area (Å²) < 4.78 is 5.89. The van der Waals surface area contributed by atoms with Crippen LogP contribution in [0, 0.1) is 6.92 Å². The average molecular weight is 349 g/mol. The highest BCUT2D eigenvalue weighted by atomic mass is 16.3. The molecule has 1 aromatic carbocycles. The van der Waals surface area contributed by atoms with Crippen molar-refractivity contribution in [1.82, 2.24) is 14.8 Å². The van der Waals surface area contributed by atoms with Crippen LogP contribution in [-0.4, -0.2) is 39.3 Å². The van der Waals surface area contributed by atoms with Gasteiger partial charge in [0.2, 0.25) is 0 Å². The minimum Gasteiger partial charge on any atom is -0.464 e. The number of nitrogens with one attached hydrogen (secondary N) is 1. The predicted octanol–water partition coefficient (Wildman–Crippen LogP) is 3.37. The van der Waals surface area contributed by atoms with Gasteiger partial charge in [-0.05, 0) is 37.6 Å². The van der Waals surface area contributed by atoms with Crippen LogP contribution in [-0.2, 0) is 11.2 Å². The molecule has 4 heterocycles. The molecule has 2 aliphatic heterocycles. The Bertz CT molecular complexity index is 1050. The lowest BCUT2D eigenvalue weighted by molar-refractivity contribution is -0.128. The number of nitrogens with zero attached hydrogens (tertiary/aromatic N) is 2. The molecule has 5 rings (SSSR count). The first-order valence-electron chi connectivity index (χ1n) is 8.89. The number of aromatic nitrogens is 1. The number of aromatic amines is 1. The molecule has 0 spiro atoms. The first-order chi connectivity index (χ1) is 12.6. The molecule has 0 unspecified atom stereocenters. The van der Waals surface area contributed by atoms with Crippen molar-refractivity contribution in [2.75, 3.05) is 6.54 Å². The standard InChI is InChI=1S/C20H19N3O3/c1-3-22-19(24)15-10-13-12-6-4-5-7-14(12)21-17(13)18(23(15)20(22)25)16-9-8-11(2)26-16/h4-9,15,18,21H,3,10H2,1-2H3/t15-,18+/m0/s1. The molecule has 2 aliphatic rings. The molecular weight excluding hydrogens is 330 g/mol. The summed E-state index contributed by atoms with van der Waals surface area (Å²) >= 11 is 0. The highest BCUT2D eigenvalue weighted by molar-refractivity contribution is 6.05. The third-order valence-corrected chi connectivity index (χ3v) is 5.48. The number of benzene rings is 1. The summed E-state index contributed by atoms with van der Waals surface area (Å²) in [5.74, 6) is 1.34. The quantitative estimate of drug-likeness (QED) is 0.721. The molecule has 0 bridgehead atoms. The molecule has 3 aromatic rings. The summed E-state index contributed by atoms with van der Waals surface area (Å²) in [6.07, 6.45) is 0.524. The van der Waals surface area contributed by atoms with Crippen molar-refractivity contribution < 1.29 is 14.0 Å². The number of likely N-dealkylation sites (N-methyl/N-ethyl adjacent to an activating group) is 1. The number of imide groups is 1. The van der Waals surface area contributed by atoms with Crippen LogP contribution in [0.3, 0.4) is 0 Å². The maximum Gasteiger partial charge on any atom is 0.328 e. The average Bonchev–Trinajstić information content (AvgIpc) is 3.29. The summed E-state index contributed by atoms with van der Waals surface area (Å²) in [5.41, 5.74) is 3.05. The van der Waals surface area contributed by atoms with E-state index in [2.05, 4.69) is 11.1 Å². The van der Waals surface area contributed by atoms with Gasteiger partial charge in [0.05, 0.1) is 5.69 Å². The number of amides is 3. The topological polar surface area (TPSA) is 69.6 Å². The largest absolute Gasteiger partial charge is 0.464 e. The number of para-hydroxylation sites is 1. The van der Waals surface area contributed by atoms with Gasteiger partial charge in [-0.25, -0.2) is 4.79 Å². The highest BCUT2D eigenvalue weighted by Gasteiger charge is 2.52. The van der Waals surface area contributed by atoms with Crippen molar-refractivity contribution in [2.24, 2.45) is 0 Å². The highest BCUT2D eigenvalue weighted by Crippen LogP contribution is 2.44. The van der Waals surface area contributed by atoms with Crippen LogP contribution in [0.5, 0.6) is 0 Å². The summed E-state index contributed by atoms with van der Waals surface area (Å²) in [5, 5.41) is 1.10. The van der Waals surface area contributed by atoms with E-state index >= 15 is 0 Å². The number of aryl methyl sites for hydroxylation is 1. The van der Waals surface area contributed by atoms with Gasteiger partial charge in [0.25, 0.3) is 5.91 Å². The van der Waals surface area contributed by atoms with Gasteiger partial charge >= 0.3 is 6.03 Å². The monoisotopic (exact) mass is 349 g/mol. The molecule has 0 saturated carbocycles. The molecule has 2 aromatic heterocycles. The molecule has 3 amide bonds. The van der Waals surface area contributed by atoms with E-state index in [1.165, 1.54) is 4.90 Å². The molecule has 1 saturated heterocycles. The smallest absolute Gasteiger partial charge is 0.328 e. The number of rotatable bonds is 2. The number of H-pyrrole nitrogens is 1. The lowest BCUT2D eigenvalue weighted by Gasteiger charge is -2.34. The summed E-state index contributed by atoms with van der Waals surface area (Å²) in [6, 6.07) is 10.7. The second kappa shape index (κ2) is 5.24. The van der Waals surface area contributed by atoms with Crippen LogP contribution >= 0.6 is 0 Å². The van der Waals surface area contributed by atoms with Gasteiger partial charge in [-0.3, -0.25) is 14.6 Å². The lowest BCUT2D eigenvalue weighted by Crippen LogP contribution is -2.44. The zero-order valence-electron chi connectivity index (χ0n) is 14.7. The minimum atomic E-state index is -0.482. The zero-order chi connectivity index (χ0) is 18.0. The van der Waals surface area contributed by atoms with Crippen LogP contribution in [0.1, 0.15) is 35.7 Å². The lowest BCUT2D eigenvalue weighted by atomic mass is 9.91. The molecule has 0 aliphatic carbocycles. The SMILES string of the molecule is CCN1C(=O)[C@@H]2Cc3c([nH]c4ccccc34)[C@@H](c3ccc(C)o3)N2C1=O. The third-order valence-electron chi connectivity index (χ3n) is 5.48. The van der Waals surface area contributed by atoms with E-state index in [1.54, 1.807) is 4.90 Å². The van der Waals surface area contributed by atoms with Gasteiger partial charge in [-0.15, -0.1) is 0 Å². The normalized spacial score (nSPS) is 22.2. The Labute approximate surface area is 150 Å². The number of urea groups is 1. The van der Waals surface area contributed by atoms with Gasteiger partial charge in [0.1, 0.15) is 23.6 Å².